The van der Waals surface area contributed by atoms with Crippen LogP contribution in [-0.4, -0.2) is 26.0 Å². The molecule has 106 valence electrons. The molecule has 1 aromatic carbocycles. The van der Waals surface area contributed by atoms with Crippen LogP contribution in [0.25, 0.3) is 0 Å². The van der Waals surface area contributed by atoms with E-state index in [4.69, 9.17) is 10.9 Å². The van der Waals surface area contributed by atoms with Crippen molar-refractivity contribution in [3.05, 3.63) is 17.7 Å². The molecule has 0 radical (unpaired) electrons. The van der Waals surface area contributed by atoms with Crippen LogP contribution in [0.1, 0.15) is 18.4 Å². The van der Waals surface area contributed by atoms with Gasteiger partial charge in [-0.15, -0.1) is 0 Å². The molecule has 1 saturated heterocycles. The van der Waals surface area contributed by atoms with Gasteiger partial charge in [-0.25, -0.2) is 13.6 Å². The topological polar surface area (TPSA) is 98.2 Å². The molecule has 2 rings (SSSR count). The lowest BCUT2D eigenvalue weighted by atomic mass is 10.1. The van der Waals surface area contributed by atoms with Gasteiger partial charge in [0.1, 0.15) is 0 Å². The van der Waals surface area contributed by atoms with Gasteiger partial charge in [-0.05, 0) is 43.2 Å². The van der Waals surface area contributed by atoms with Gasteiger partial charge in [0.05, 0.1) is 4.90 Å². The summed E-state index contributed by atoms with van der Waals surface area (Å²) in [6, 6.07) is 3.53. The van der Waals surface area contributed by atoms with Gasteiger partial charge in [0.25, 0.3) is 0 Å². The van der Waals surface area contributed by atoms with E-state index in [2.05, 4.69) is 5.32 Å². The Hall–Kier alpha value is -0.920. The first kappa shape index (κ1) is 14.5. The molecule has 19 heavy (non-hydrogen) atoms. The Balaban J connectivity index is 2.32. The van der Waals surface area contributed by atoms with Gasteiger partial charge in [0.15, 0.2) is 0 Å². The summed E-state index contributed by atoms with van der Waals surface area (Å²) in [5.41, 5.74) is 7.56. The summed E-state index contributed by atoms with van der Waals surface area (Å²) in [6.45, 7) is 1.75. The van der Waals surface area contributed by atoms with Gasteiger partial charge in [0, 0.05) is 23.2 Å². The third-order valence-corrected chi connectivity index (χ3v) is 5.46. The molecule has 1 atom stereocenters. The van der Waals surface area contributed by atoms with Crippen LogP contribution in [0.15, 0.2) is 17.0 Å². The second-order valence-electron chi connectivity index (χ2n) is 4.80. The number of hydrogen-bond acceptors (Lipinski definition) is 5. The van der Waals surface area contributed by atoms with Crippen LogP contribution in [-0.2, 0) is 10.0 Å². The number of nitrogens with two attached hydrogens (primary N) is 2. The first-order valence-corrected chi connectivity index (χ1v) is 8.85. The van der Waals surface area contributed by atoms with Crippen LogP contribution in [0.4, 0.5) is 11.4 Å². The zero-order valence-corrected chi connectivity index (χ0v) is 12.5. The van der Waals surface area contributed by atoms with E-state index in [9.17, 15) is 8.42 Å². The standard InChI is InChI=1S/C12H19N3O2S2/c1-8-11(15-10-3-2-4-18-7-10)5-9(13)6-12(8)19(14,16)17/h5-6,10,15H,2-4,7,13H2,1H3,(H2,14,16,17). The maximum absolute atomic E-state index is 11.5. The third kappa shape index (κ3) is 3.55. The van der Waals surface area contributed by atoms with Gasteiger partial charge in [-0.3, -0.25) is 0 Å². The third-order valence-electron chi connectivity index (χ3n) is 3.21. The van der Waals surface area contributed by atoms with Crippen molar-refractivity contribution in [2.75, 3.05) is 22.6 Å². The van der Waals surface area contributed by atoms with Gasteiger partial charge in [-0.2, -0.15) is 11.8 Å². The second kappa shape index (κ2) is 5.60. The van der Waals surface area contributed by atoms with Gasteiger partial charge < -0.3 is 11.1 Å². The summed E-state index contributed by atoms with van der Waals surface area (Å²) in [7, 11) is -3.74. The molecule has 1 aromatic rings. The summed E-state index contributed by atoms with van der Waals surface area (Å²) in [5, 5.41) is 8.59. The molecular weight excluding hydrogens is 282 g/mol. The first-order valence-electron chi connectivity index (χ1n) is 6.15. The number of anilines is 2. The monoisotopic (exact) mass is 301 g/mol. The van der Waals surface area contributed by atoms with E-state index >= 15 is 0 Å². The van der Waals surface area contributed by atoms with Crippen LogP contribution in [0, 0.1) is 6.92 Å². The van der Waals surface area contributed by atoms with Crippen molar-refractivity contribution in [2.45, 2.75) is 30.7 Å². The van der Waals surface area contributed by atoms with Crippen molar-refractivity contribution in [3.63, 3.8) is 0 Å². The van der Waals surface area contributed by atoms with E-state index in [1.54, 1.807) is 13.0 Å². The zero-order valence-electron chi connectivity index (χ0n) is 10.8. The Bertz CT molecular complexity index is 567. The molecule has 7 heteroatoms. The molecular formula is C12H19N3O2S2. The summed E-state index contributed by atoms with van der Waals surface area (Å²) >= 11 is 1.91. The average Bonchev–Trinajstić information content (AvgIpc) is 2.33. The van der Waals surface area contributed by atoms with E-state index < -0.39 is 10.0 Å². The van der Waals surface area contributed by atoms with Crippen LogP contribution in [0.5, 0.6) is 0 Å². The van der Waals surface area contributed by atoms with Gasteiger partial charge in [-0.1, -0.05) is 0 Å². The minimum absolute atomic E-state index is 0.0958. The molecule has 0 amide bonds. The minimum atomic E-state index is -3.74. The fraction of sp³-hybridized carbons (Fsp3) is 0.500. The SMILES string of the molecule is Cc1c(NC2CCCSC2)cc(N)cc1S(N)(=O)=O. The van der Waals surface area contributed by atoms with Gasteiger partial charge >= 0.3 is 0 Å². The molecule has 0 aromatic heterocycles. The maximum Gasteiger partial charge on any atom is 0.238 e. The zero-order chi connectivity index (χ0) is 14.0. The first-order chi connectivity index (χ1) is 8.88. The Morgan fingerprint density at radius 3 is 2.74 bits per heavy atom. The van der Waals surface area contributed by atoms with Crippen molar-refractivity contribution < 1.29 is 8.42 Å². The largest absolute Gasteiger partial charge is 0.399 e. The Morgan fingerprint density at radius 1 is 1.42 bits per heavy atom. The molecule has 1 aliphatic heterocycles. The predicted molar refractivity (Wildman–Crippen MR) is 80.9 cm³/mol. The predicted octanol–water partition coefficient (Wildman–Crippen LogP) is 1.53. The lowest BCUT2D eigenvalue weighted by molar-refractivity contribution is 0.597. The molecule has 5 nitrogen and oxygen atoms in total. The minimum Gasteiger partial charge on any atom is -0.399 e. The number of benzene rings is 1. The number of rotatable bonds is 3. The molecule has 5 N–H and O–H groups in total. The highest BCUT2D eigenvalue weighted by molar-refractivity contribution is 7.99. The summed E-state index contributed by atoms with van der Waals surface area (Å²) in [4.78, 5) is 0.0958. The Morgan fingerprint density at radius 2 is 2.16 bits per heavy atom. The number of nitrogen functional groups attached to an aromatic ring is 1. The van der Waals surface area contributed by atoms with Crippen molar-refractivity contribution in [3.8, 4) is 0 Å². The molecule has 1 aliphatic rings. The van der Waals surface area contributed by atoms with Crippen LogP contribution >= 0.6 is 11.8 Å². The van der Waals surface area contributed by atoms with E-state index in [0.29, 0.717) is 17.3 Å². The van der Waals surface area contributed by atoms with Crippen molar-refractivity contribution in [2.24, 2.45) is 5.14 Å². The summed E-state index contributed by atoms with van der Waals surface area (Å²) in [5.74, 6) is 2.22. The summed E-state index contributed by atoms with van der Waals surface area (Å²) < 4.78 is 23.1. The van der Waals surface area contributed by atoms with Gasteiger partial charge in [0.2, 0.25) is 10.0 Å². The Labute approximate surface area is 118 Å². The molecule has 0 spiro atoms. The average molecular weight is 301 g/mol. The molecule has 1 heterocycles. The normalized spacial score (nSPS) is 20.2. The smallest absolute Gasteiger partial charge is 0.238 e. The van der Waals surface area contributed by atoms with Crippen molar-refractivity contribution in [1.29, 1.82) is 0 Å². The van der Waals surface area contributed by atoms with Crippen LogP contribution in [0.3, 0.4) is 0 Å². The van der Waals surface area contributed by atoms with E-state index in [1.165, 1.54) is 18.2 Å². The fourth-order valence-corrected chi connectivity index (χ4v) is 4.14. The van der Waals surface area contributed by atoms with E-state index in [1.807, 2.05) is 11.8 Å². The highest BCUT2D eigenvalue weighted by Gasteiger charge is 2.19. The fourth-order valence-electron chi connectivity index (χ4n) is 2.23. The number of sulfonamides is 1. The van der Waals surface area contributed by atoms with Crippen LogP contribution in [0.2, 0.25) is 0 Å². The van der Waals surface area contributed by atoms with E-state index in [0.717, 1.165) is 17.9 Å². The number of thioether (sulfide) groups is 1. The van der Waals surface area contributed by atoms with Crippen molar-refractivity contribution >= 4 is 33.2 Å². The number of hydrogen-bond donors (Lipinski definition) is 3. The highest BCUT2D eigenvalue weighted by atomic mass is 32.2. The van der Waals surface area contributed by atoms with Crippen molar-refractivity contribution in [1.82, 2.24) is 0 Å². The quantitative estimate of drug-likeness (QED) is 0.735. The van der Waals surface area contributed by atoms with Crippen LogP contribution < -0.4 is 16.2 Å². The molecule has 0 saturated carbocycles. The lowest BCUT2D eigenvalue weighted by Gasteiger charge is -2.25. The molecule has 0 bridgehead atoms. The number of primary sulfonamides is 1. The number of nitrogens with one attached hydrogen (secondary N) is 1. The molecule has 1 fully saturated rings. The maximum atomic E-state index is 11.5. The van der Waals surface area contributed by atoms with E-state index in [-0.39, 0.29) is 4.90 Å². The molecule has 0 aliphatic carbocycles. The lowest BCUT2D eigenvalue weighted by Crippen LogP contribution is -2.26. The molecule has 1 unspecified atom stereocenters. The second-order valence-corrected chi connectivity index (χ2v) is 7.47. The Kier molecular flexibility index (Phi) is 4.27. The summed E-state index contributed by atoms with van der Waals surface area (Å²) in [6.07, 6.45) is 2.26. The highest BCUT2D eigenvalue weighted by Crippen LogP contribution is 2.28.